The number of nitrogens with zero attached hydrogens (tertiary/aromatic N) is 4. The first-order chi connectivity index (χ1) is 9.43. The fourth-order valence-corrected chi connectivity index (χ4v) is 2.50. The maximum atomic E-state index is 4.01. The molecule has 0 saturated carbocycles. The van der Waals surface area contributed by atoms with Crippen molar-refractivity contribution in [2.75, 3.05) is 11.9 Å². The number of thiophene rings is 1. The zero-order chi connectivity index (χ0) is 12.9. The van der Waals surface area contributed by atoms with Gasteiger partial charge in [0, 0.05) is 11.4 Å². The Morgan fingerprint density at radius 3 is 2.79 bits per heavy atom. The van der Waals surface area contributed by atoms with Gasteiger partial charge in [-0.25, -0.2) is 0 Å². The molecule has 0 aliphatic carbocycles. The Morgan fingerprint density at radius 1 is 1.11 bits per heavy atom. The number of benzene rings is 1. The molecule has 1 aromatic carbocycles. The van der Waals surface area contributed by atoms with Crippen LogP contribution >= 0.6 is 11.3 Å². The number of rotatable bonds is 5. The smallest absolute Gasteiger partial charge is 0.247 e. The van der Waals surface area contributed by atoms with Crippen molar-refractivity contribution in [2.45, 2.75) is 6.42 Å². The molecule has 0 unspecified atom stereocenters. The topological polar surface area (TPSA) is 55.6 Å². The maximum Gasteiger partial charge on any atom is 0.247 e. The molecule has 3 aromatic rings. The van der Waals surface area contributed by atoms with Crippen molar-refractivity contribution < 1.29 is 0 Å². The fourth-order valence-electron chi connectivity index (χ4n) is 1.79. The summed E-state index contributed by atoms with van der Waals surface area (Å²) in [6.45, 7) is 0.813. The van der Waals surface area contributed by atoms with Crippen molar-refractivity contribution in [3.8, 4) is 5.69 Å². The van der Waals surface area contributed by atoms with Crippen molar-refractivity contribution in [3.63, 3.8) is 0 Å². The second-order valence-electron chi connectivity index (χ2n) is 4.01. The summed E-state index contributed by atoms with van der Waals surface area (Å²) in [5.74, 6) is 0.669. The lowest BCUT2D eigenvalue weighted by atomic mass is 10.3. The summed E-state index contributed by atoms with van der Waals surface area (Å²) in [5.41, 5.74) is 0.950. The molecule has 19 heavy (non-hydrogen) atoms. The van der Waals surface area contributed by atoms with Gasteiger partial charge in [0.25, 0.3) is 0 Å². The van der Waals surface area contributed by atoms with E-state index in [1.54, 1.807) is 16.0 Å². The van der Waals surface area contributed by atoms with E-state index >= 15 is 0 Å². The van der Waals surface area contributed by atoms with Gasteiger partial charge in [0.15, 0.2) is 0 Å². The van der Waals surface area contributed by atoms with Crippen LogP contribution < -0.4 is 5.32 Å². The monoisotopic (exact) mass is 271 g/mol. The normalized spacial score (nSPS) is 10.5. The SMILES string of the molecule is c1ccc(-n2nnnc2NCCc2cccs2)cc1. The van der Waals surface area contributed by atoms with Gasteiger partial charge in [-0.05, 0) is 40.4 Å². The molecular formula is C13H13N5S. The van der Waals surface area contributed by atoms with E-state index in [1.807, 2.05) is 30.3 Å². The van der Waals surface area contributed by atoms with Crippen LogP contribution in [0.5, 0.6) is 0 Å². The van der Waals surface area contributed by atoms with Crippen LogP contribution in [0, 0.1) is 0 Å². The second kappa shape index (κ2) is 5.62. The molecule has 0 fully saturated rings. The first-order valence-electron chi connectivity index (χ1n) is 6.03. The molecule has 5 nitrogen and oxygen atoms in total. The molecule has 2 aromatic heterocycles. The first-order valence-corrected chi connectivity index (χ1v) is 6.91. The number of aromatic nitrogens is 4. The largest absolute Gasteiger partial charge is 0.352 e. The van der Waals surface area contributed by atoms with Crippen LogP contribution in [-0.2, 0) is 6.42 Å². The van der Waals surface area contributed by atoms with Gasteiger partial charge in [0.05, 0.1) is 5.69 Å². The molecule has 0 amide bonds. The second-order valence-corrected chi connectivity index (χ2v) is 5.04. The molecule has 0 saturated heterocycles. The number of para-hydroxylation sites is 1. The molecule has 6 heteroatoms. The molecule has 0 spiro atoms. The summed E-state index contributed by atoms with van der Waals surface area (Å²) in [6.07, 6.45) is 0.972. The summed E-state index contributed by atoms with van der Waals surface area (Å²) in [4.78, 5) is 1.35. The number of nitrogens with one attached hydrogen (secondary N) is 1. The minimum Gasteiger partial charge on any atom is -0.352 e. The van der Waals surface area contributed by atoms with Crippen molar-refractivity contribution in [1.29, 1.82) is 0 Å². The van der Waals surface area contributed by atoms with Crippen LogP contribution in [0.15, 0.2) is 47.8 Å². The number of hydrogen-bond acceptors (Lipinski definition) is 5. The Morgan fingerprint density at radius 2 is 2.00 bits per heavy atom. The van der Waals surface area contributed by atoms with Crippen molar-refractivity contribution in [1.82, 2.24) is 20.2 Å². The molecule has 0 aliphatic heterocycles. The molecular weight excluding hydrogens is 258 g/mol. The van der Waals surface area contributed by atoms with Gasteiger partial charge in [0.1, 0.15) is 0 Å². The quantitative estimate of drug-likeness (QED) is 0.774. The third kappa shape index (κ3) is 2.79. The predicted molar refractivity (Wildman–Crippen MR) is 75.7 cm³/mol. The van der Waals surface area contributed by atoms with E-state index in [-0.39, 0.29) is 0 Å². The molecule has 0 radical (unpaired) electrons. The zero-order valence-electron chi connectivity index (χ0n) is 10.2. The van der Waals surface area contributed by atoms with Gasteiger partial charge in [-0.1, -0.05) is 29.4 Å². The van der Waals surface area contributed by atoms with Gasteiger partial charge in [0.2, 0.25) is 5.95 Å². The maximum absolute atomic E-state index is 4.01. The van der Waals surface area contributed by atoms with Crippen LogP contribution in [0.25, 0.3) is 5.69 Å². The molecule has 0 aliphatic rings. The molecule has 3 rings (SSSR count). The average Bonchev–Trinajstić information content (AvgIpc) is 3.11. The number of tetrazole rings is 1. The van der Waals surface area contributed by atoms with E-state index < -0.39 is 0 Å². The Balaban J connectivity index is 1.67. The molecule has 2 heterocycles. The summed E-state index contributed by atoms with van der Waals surface area (Å²) < 4.78 is 1.70. The third-order valence-electron chi connectivity index (χ3n) is 2.70. The van der Waals surface area contributed by atoms with Crippen LogP contribution in [0.4, 0.5) is 5.95 Å². The lowest BCUT2D eigenvalue weighted by Crippen LogP contribution is -2.10. The number of anilines is 1. The Labute approximate surface area is 114 Å². The van der Waals surface area contributed by atoms with E-state index in [2.05, 4.69) is 38.4 Å². The highest BCUT2D eigenvalue weighted by Gasteiger charge is 2.06. The minimum absolute atomic E-state index is 0.669. The van der Waals surface area contributed by atoms with E-state index in [9.17, 15) is 0 Å². The molecule has 96 valence electrons. The Bertz CT molecular complexity index is 618. The average molecular weight is 271 g/mol. The van der Waals surface area contributed by atoms with Crippen molar-refractivity contribution in [2.24, 2.45) is 0 Å². The lowest BCUT2D eigenvalue weighted by Gasteiger charge is -2.06. The van der Waals surface area contributed by atoms with Crippen molar-refractivity contribution >= 4 is 17.3 Å². The Kier molecular flexibility index (Phi) is 3.51. The van der Waals surface area contributed by atoms with Crippen LogP contribution in [0.1, 0.15) is 4.88 Å². The van der Waals surface area contributed by atoms with E-state index in [1.165, 1.54) is 4.88 Å². The van der Waals surface area contributed by atoms with Crippen LogP contribution in [0.2, 0.25) is 0 Å². The van der Waals surface area contributed by atoms with E-state index in [4.69, 9.17) is 0 Å². The van der Waals surface area contributed by atoms with Crippen LogP contribution in [-0.4, -0.2) is 26.8 Å². The molecule has 0 atom stereocenters. The van der Waals surface area contributed by atoms with Gasteiger partial charge in [-0.15, -0.1) is 11.3 Å². The van der Waals surface area contributed by atoms with Gasteiger partial charge in [-0.2, -0.15) is 4.68 Å². The van der Waals surface area contributed by atoms with Crippen molar-refractivity contribution in [3.05, 3.63) is 52.7 Å². The first kappa shape index (κ1) is 11.9. The summed E-state index contributed by atoms with van der Waals surface area (Å²) in [5, 5.41) is 17.1. The molecule has 0 bridgehead atoms. The molecule has 1 N–H and O–H groups in total. The number of hydrogen-bond donors (Lipinski definition) is 1. The highest BCUT2D eigenvalue weighted by Crippen LogP contribution is 2.12. The van der Waals surface area contributed by atoms with Crippen LogP contribution in [0.3, 0.4) is 0 Å². The Hall–Kier alpha value is -2.21. The van der Waals surface area contributed by atoms with E-state index in [0.717, 1.165) is 18.7 Å². The highest BCUT2D eigenvalue weighted by atomic mass is 32.1. The summed E-state index contributed by atoms with van der Waals surface area (Å²) in [7, 11) is 0. The summed E-state index contributed by atoms with van der Waals surface area (Å²) >= 11 is 1.76. The third-order valence-corrected chi connectivity index (χ3v) is 3.64. The predicted octanol–water partition coefficient (Wildman–Crippen LogP) is 2.38. The van der Waals surface area contributed by atoms with Gasteiger partial charge in [-0.3, -0.25) is 0 Å². The summed E-state index contributed by atoms with van der Waals surface area (Å²) in [6, 6.07) is 14.0. The highest BCUT2D eigenvalue weighted by molar-refractivity contribution is 7.09. The fraction of sp³-hybridized carbons (Fsp3) is 0.154. The lowest BCUT2D eigenvalue weighted by molar-refractivity contribution is 0.789. The van der Waals surface area contributed by atoms with E-state index in [0.29, 0.717) is 5.95 Å². The minimum atomic E-state index is 0.669. The van der Waals surface area contributed by atoms with Gasteiger partial charge >= 0.3 is 0 Å². The standard InChI is InChI=1S/C13H13N5S/c1-2-5-11(6-3-1)18-13(15-16-17-18)14-9-8-12-7-4-10-19-12/h1-7,10H,8-9H2,(H,14,15,17). The zero-order valence-corrected chi connectivity index (χ0v) is 11.0. The van der Waals surface area contributed by atoms with Gasteiger partial charge < -0.3 is 5.32 Å².